The summed E-state index contributed by atoms with van der Waals surface area (Å²) in [6, 6.07) is 8.93. The molecule has 0 saturated heterocycles. The highest BCUT2D eigenvalue weighted by Crippen LogP contribution is 2.22. The zero-order chi connectivity index (χ0) is 15.1. The van der Waals surface area contributed by atoms with Gasteiger partial charge < -0.3 is 19.6 Å². The van der Waals surface area contributed by atoms with E-state index >= 15 is 0 Å². The SMILES string of the molecule is COCCOCCc1nc(O)c(-c2ccccc2)c(=O)[nH]1. The van der Waals surface area contributed by atoms with Crippen molar-refractivity contribution in [1.82, 2.24) is 9.97 Å². The lowest BCUT2D eigenvalue weighted by Gasteiger charge is -2.07. The third-order valence-corrected chi connectivity index (χ3v) is 2.93. The highest BCUT2D eigenvalue weighted by Gasteiger charge is 2.12. The summed E-state index contributed by atoms with van der Waals surface area (Å²) in [4.78, 5) is 18.8. The van der Waals surface area contributed by atoms with Crippen molar-refractivity contribution in [2.24, 2.45) is 0 Å². The number of rotatable bonds is 7. The van der Waals surface area contributed by atoms with Crippen LogP contribution in [0.4, 0.5) is 0 Å². The molecule has 0 bridgehead atoms. The normalized spacial score (nSPS) is 10.7. The van der Waals surface area contributed by atoms with Gasteiger partial charge in [0.25, 0.3) is 5.56 Å². The van der Waals surface area contributed by atoms with Crippen LogP contribution in [-0.4, -0.2) is 42.0 Å². The van der Waals surface area contributed by atoms with Crippen LogP contribution in [0.1, 0.15) is 5.82 Å². The first-order valence-electron chi connectivity index (χ1n) is 6.66. The van der Waals surface area contributed by atoms with Crippen LogP contribution in [0.15, 0.2) is 35.1 Å². The Morgan fingerprint density at radius 3 is 2.62 bits per heavy atom. The molecule has 6 nitrogen and oxygen atoms in total. The number of methoxy groups -OCH3 is 1. The van der Waals surface area contributed by atoms with Crippen molar-refractivity contribution in [3.8, 4) is 17.0 Å². The topological polar surface area (TPSA) is 84.4 Å². The van der Waals surface area contributed by atoms with E-state index in [0.717, 1.165) is 0 Å². The summed E-state index contributed by atoms with van der Waals surface area (Å²) in [6.07, 6.45) is 0.418. The van der Waals surface area contributed by atoms with Gasteiger partial charge in [0.15, 0.2) is 0 Å². The lowest BCUT2D eigenvalue weighted by Crippen LogP contribution is -2.16. The maximum absolute atomic E-state index is 12.1. The lowest BCUT2D eigenvalue weighted by atomic mass is 10.1. The Hall–Kier alpha value is -2.18. The minimum Gasteiger partial charge on any atom is -0.493 e. The van der Waals surface area contributed by atoms with Gasteiger partial charge in [-0.05, 0) is 5.56 Å². The molecule has 0 radical (unpaired) electrons. The maximum atomic E-state index is 12.1. The third-order valence-electron chi connectivity index (χ3n) is 2.93. The first-order chi connectivity index (χ1) is 10.2. The van der Waals surface area contributed by atoms with Gasteiger partial charge in [-0.2, -0.15) is 4.98 Å². The monoisotopic (exact) mass is 290 g/mol. The van der Waals surface area contributed by atoms with Crippen molar-refractivity contribution in [1.29, 1.82) is 0 Å². The molecule has 1 aromatic heterocycles. The van der Waals surface area contributed by atoms with Crippen molar-refractivity contribution >= 4 is 0 Å². The third kappa shape index (κ3) is 4.14. The predicted octanol–water partition coefficient (Wildman–Crippen LogP) is 1.35. The molecule has 0 amide bonds. The number of H-pyrrole nitrogens is 1. The molecule has 0 atom stereocenters. The summed E-state index contributed by atoms with van der Waals surface area (Å²) >= 11 is 0. The minimum atomic E-state index is -0.361. The summed E-state index contributed by atoms with van der Waals surface area (Å²) in [5, 5.41) is 9.97. The number of aromatic hydroxyl groups is 1. The molecule has 2 rings (SSSR count). The Balaban J connectivity index is 2.09. The molecule has 2 N–H and O–H groups in total. The number of hydrogen-bond donors (Lipinski definition) is 2. The number of benzene rings is 1. The lowest BCUT2D eigenvalue weighted by molar-refractivity contribution is 0.0716. The average Bonchev–Trinajstić information content (AvgIpc) is 2.47. The molecule has 0 saturated carbocycles. The molecule has 6 heteroatoms. The summed E-state index contributed by atoms with van der Waals surface area (Å²) in [6.45, 7) is 1.40. The van der Waals surface area contributed by atoms with E-state index in [0.29, 0.717) is 37.6 Å². The van der Waals surface area contributed by atoms with Gasteiger partial charge in [-0.25, -0.2) is 0 Å². The molecule has 0 fully saturated rings. The van der Waals surface area contributed by atoms with Gasteiger partial charge in [0.1, 0.15) is 11.4 Å². The van der Waals surface area contributed by atoms with E-state index in [-0.39, 0.29) is 17.0 Å². The van der Waals surface area contributed by atoms with Crippen LogP contribution >= 0.6 is 0 Å². The quantitative estimate of drug-likeness (QED) is 0.752. The van der Waals surface area contributed by atoms with Crippen molar-refractivity contribution in [2.75, 3.05) is 26.9 Å². The predicted molar refractivity (Wildman–Crippen MR) is 78.4 cm³/mol. The Labute approximate surface area is 122 Å². The number of ether oxygens (including phenoxy) is 2. The van der Waals surface area contributed by atoms with Crippen molar-refractivity contribution in [2.45, 2.75) is 6.42 Å². The Kier molecular flexibility index (Phi) is 5.48. The summed E-state index contributed by atoms with van der Waals surface area (Å²) < 4.78 is 10.2. The van der Waals surface area contributed by atoms with Gasteiger partial charge >= 0.3 is 0 Å². The summed E-state index contributed by atoms with van der Waals surface area (Å²) in [5.74, 6) is 0.131. The molecule has 1 heterocycles. The number of nitrogens with one attached hydrogen (secondary N) is 1. The van der Waals surface area contributed by atoms with E-state index in [1.807, 2.05) is 6.07 Å². The van der Waals surface area contributed by atoms with Gasteiger partial charge in [-0.3, -0.25) is 4.79 Å². The van der Waals surface area contributed by atoms with E-state index in [2.05, 4.69) is 9.97 Å². The average molecular weight is 290 g/mol. The molecule has 0 spiro atoms. The molecule has 2 aromatic rings. The van der Waals surface area contributed by atoms with Gasteiger partial charge in [-0.15, -0.1) is 0 Å². The first-order valence-corrected chi connectivity index (χ1v) is 6.66. The zero-order valence-corrected chi connectivity index (χ0v) is 11.8. The fraction of sp³-hybridized carbons (Fsp3) is 0.333. The standard InChI is InChI=1S/C15H18N2O4/c1-20-9-10-21-8-7-12-16-14(18)13(15(19)17-12)11-5-3-2-4-6-11/h2-6H,7-10H2,1H3,(H2,16,17,18,19). The van der Waals surface area contributed by atoms with Gasteiger partial charge in [-0.1, -0.05) is 30.3 Å². The van der Waals surface area contributed by atoms with Gasteiger partial charge in [0.2, 0.25) is 5.88 Å². The Morgan fingerprint density at radius 1 is 1.19 bits per heavy atom. The second-order valence-corrected chi connectivity index (χ2v) is 4.43. The fourth-order valence-corrected chi connectivity index (χ4v) is 1.90. The molecule has 0 aliphatic carbocycles. The number of aromatic nitrogens is 2. The van der Waals surface area contributed by atoms with Crippen molar-refractivity contribution < 1.29 is 14.6 Å². The highest BCUT2D eigenvalue weighted by molar-refractivity contribution is 5.66. The molecule has 0 aliphatic heterocycles. The van der Waals surface area contributed by atoms with E-state index in [1.54, 1.807) is 31.4 Å². The Bertz CT molecular complexity index is 625. The van der Waals surface area contributed by atoms with Gasteiger partial charge in [0, 0.05) is 13.5 Å². The van der Waals surface area contributed by atoms with Crippen molar-refractivity contribution in [3.05, 3.63) is 46.5 Å². The van der Waals surface area contributed by atoms with Crippen LogP contribution in [0.5, 0.6) is 5.88 Å². The van der Waals surface area contributed by atoms with Crippen molar-refractivity contribution in [3.63, 3.8) is 0 Å². The second kappa shape index (κ2) is 7.56. The highest BCUT2D eigenvalue weighted by atomic mass is 16.5. The van der Waals surface area contributed by atoms with Crippen LogP contribution in [-0.2, 0) is 15.9 Å². The largest absolute Gasteiger partial charge is 0.493 e. The summed E-state index contributed by atoms with van der Waals surface area (Å²) in [5.41, 5.74) is 0.451. The molecular formula is C15H18N2O4. The Morgan fingerprint density at radius 2 is 1.95 bits per heavy atom. The zero-order valence-electron chi connectivity index (χ0n) is 11.8. The number of aromatic amines is 1. The molecule has 0 aliphatic rings. The van der Waals surface area contributed by atoms with Crippen LogP contribution in [0.3, 0.4) is 0 Å². The van der Waals surface area contributed by atoms with Crippen LogP contribution in [0.2, 0.25) is 0 Å². The number of nitrogens with zero attached hydrogens (tertiary/aromatic N) is 1. The molecule has 1 aromatic carbocycles. The second-order valence-electron chi connectivity index (χ2n) is 4.43. The van der Waals surface area contributed by atoms with E-state index < -0.39 is 0 Å². The summed E-state index contributed by atoms with van der Waals surface area (Å²) in [7, 11) is 1.60. The van der Waals surface area contributed by atoms with Crippen LogP contribution in [0.25, 0.3) is 11.1 Å². The van der Waals surface area contributed by atoms with E-state index in [4.69, 9.17) is 9.47 Å². The minimum absolute atomic E-state index is 0.180. The fourth-order valence-electron chi connectivity index (χ4n) is 1.90. The maximum Gasteiger partial charge on any atom is 0.262 e. The van der Waals surface area contributed by atoms with Crippen LogP contribution < -0.4 is 5.56 Å². The van der Waals surface area contributed by atoms with E-state index in [9.17, 15) is 9.90 Å². The molecular weight excluding hydrogens is 272 g/mol. The first kappa shape index (κ1) is 15.2. The molecule has 0 unspecified atom stereocenters. The smallest absolute Gasteiger partial charge is 0.262 e. The molecule has 21 heavy (non-hydrogen) atoms. The van der Waals surface area contributed by atoms with Crippen LogP contribution in [0, 0.1) is 0 Å². The molecule has 112 valence electrons. The van der Waals surface area contributed by atoms with E-state index in [1.165, 1.54) is 0 Å². The van der Waals surface area contributed by atoms with Gasteiger partial charge in [0.05, 0.1) is 19.8 Å². The number of hydrogen-bond acceptors (Lipinski definition) is 5.